The number of ether oxygens (including phenoxy) is 12. The van der Waals surface area contributed by atoms with Crippen LogP contribution in [0.5, 0.6) is 34.5 Å². The van der Waals surface area contributed by atoms with E-state index in [2.05, 4.69) is 13.8 Å². The number of benzene rings is 3. The van der Waals surface area contributed by atoms with E-state index in [0.717, 1.165) is 12.8 Å². The summed E-state index contributed by atoms with van der Waals surface area (Å²) in [6.07, 6.45) is 10.2. The molecular weight excluding hydrogens is 1140 g/mol. The van der Waals surface area contributed by atoms with E-state index >= 15 is 0 Å². The van der Waals surface area contributed by atoms with E-state index in [-0.39, 0.29) is 117 Å². The van der Waals surface area contributed by atoms with Gasteiger partial charge < -0.3 is 91.2 Å². The summed E-state index contributed by atoms with van der Waals surface area (Å²) in [4.78, 5) is 37.6. The van der Waals surface area contributed by atoms with Crippen molar-refractivity contribution in [3.05, 3.63) is 83.5 Å². The number of esters is 3. The second-order valence-electron chi connectivity index (χ2n) is 21.6. The van der Waals surface area contributed by atoms with Crippen LogP contribution in [-0.4, -0.2) is 185 Å². The molecule has 0 saturated heterocycles. The smallest absolute Gasteiger partial charge is 0.338 e. The van der Waals surface area contributed by atoms with Gasteiger partial charge in [0.15, 0.2) is 23.0 Å². The van der Waals surface area contributed by atoms with Crippen LogP contribution in [0.4, 0.5) is 0 Å². The number of unbranched alkanes of at least 4 members (excludes halogenated alkanes) is 1. The zero-order valence-corrected chi connectivity index (χ0v) is 52.7. The molecule has 0 spiro atoms. The van der Waals surface area contributed by atoms with Gasteiger partial charge in [-0.1, -0.05) is 82.3 Å². The molecule has 1 saturated carbocycles. The topological polar surface area (TPSA) is 282 Å². The SMILES string of the molecule is CC(C)[Si](C)(CO)OCCOCCOC(=O)CCC/C=C\C[C@@H]1[C@@H](/C=C/[C@@H](O)CCc2ccccc2)[C@H](O)C[C@@H]1O.COC(=O)c1cc(OC)c2c(c1-c1c(COC(=O)COCCOC[Si](CO)(OC)C(C)C)cc(OC)c3c1OCO3)OCO2. The Morgan fingerprint density at radius 1 is 0.729 bits per heavy atom. The first-order valence-electron chi connectivity index (χ1n) is 28.9. The third-order valence-corrected chi connectivity index (χ3v) is 23.6. The predicted octanol–water partition coefficient (Wildman–Crippen LogP) is 6.87. The highest BCUT2D eigenvalue weighted by Gasteiger charge is 2.41. The first-order chi connectivity index (χ1) is 40.9. The Kier molecular flexibility index (Phi) is 29.6. The number of aliphatic hydroxyl groups is 5. The summed E-state index contributed by atoms with van der Waals surface area (Å²) in [6.45, 7) is 11.0. The number of carbonyl (C=O) groups excluding carboxylic acids is 3. The minimum absolute atomic E-state index is 0.0550. The standard InChI is InChI=1S/C32H52O8Si.C29H38O14Si/c1-25(2)41(3,24-33)40-22-20-38-19-21-39-32(37)14-10-5-4-9-13-28-29(31(36)23-30(28)35)18-17-27(34)16-15-26-11-7-6-8-12-26;1-17(2)44(13-30,36-6)16-38-8-7-37-12-22(31)39-11-18-9-20(33-3)25-27(42-14-40-25)23(18)24-19(29(32)35-5)10-21(34-4)26-28(24)43-15-41-26/h4,6-9,11-12,17-18,25,27-31,33-36H,5,10,13-16,19-24H2,1-3H3;9-10,17,30H,7-8,11-16H2,1-6H3/b9-4-,18-17+;/t27-,28+,29+,30-,31+,41?;/m0./s1. The van der Waals surface area contributed by atoms with E-state index in [0.29, 0.717) is 86.3 Å². The van der Waals surface area contributed by atoms with Crippen molar-refractivity contribution in [2.24, 2.45) is 11.8 Å². The van der Waals surface area contributed by atoms with Gasteiger partial charge in [0, 0.05) is 42.6 Å². The van der Waals surface area contributed by atoms with Gasteiger partial charge in [0.1, 0.15) is 19.8 Å². The Bertz CT molecular complexity index is 2590. The van der Waals surface area contributed by atoms with Crippen LogP contribution in [0.1, 0.15) is 87.7 Å². The number of carbonyl (C=O) groups is 3. The molecule has 2 heterocycles. The van der Waals surface area contributed by atoms with Gasteiger partial charge in [0.05, 0.1) is 96.9 Å². The Morgan fingerprint density at radius 3 is 2.01 bits per heavy atom. The van der Waals surface area contributed by atoms with Crippen LogP contribution in [0.2, 0.25) is 17.6 Å². The molecule has 474 valence electrons. The van der Waals surface area contributed by atoms with E-state index in [1.165, 1.54) is 33.0 Å². The van der Waals surface area contributed by atoms with Gasteiger partial charge >= 0.3 is 17.9 Å². The van der Waals surface area contributed by atoms with E-state index in [4.69, 9.17) is 65.7 Å². The van der Waals surface area contributed by atoms with E-state index in [9.17, 15) is 39.9 Å². The van der Waals surface area contributed by atoms with Gasteiger partial charge in [0.25, 0.3) is 0 Å². The molecule has 0 aromatic heterocycles. The van der Waals surface area contributed by atoms with Gasteiger partial charge in [-0.05, 0) is 73.3 Å². The maximum Gasteiger partial charge on any atom is 0.338 e. The van der Waals surface area contributed by atoms with Crippen molar-refractivity contribution in [2.75, 3.05) is 107 Å². The summed E-state index contributed by atoms with van der Waals surface area (Å²) < 4.78 is 77.7. The molecule has 0 bridgehead atoms. The summed E-state index contributed by atoms with van der Waals surface area (Å²) in [6, 6.07) is 13.1. The minimum atomic E-state index is -2.42. The van der Waals surface area contributed by atoms with Crippen LogP contribution in [0.3, 0.4) is 0 Å². The summed E-state index contributed by atoms with van der Waals surface area (Å²) in [7, 11) is 1.21. The summed E-state index contributed by atoms with van der Waals surface area (Å²) in [5.41, 5.74) is 2.84. The van der Waals surface area contributed by atoms with Gasteiger partial charge in [-0.3, -0.25) is 4.79 Å². The van der Waals surface area contributed by atoms with Crippen molar-refractivity contribution in [3.63, 3.8) is 0 Å². The average Bonchev–Trinajstić information content (AvgIpc) is 2.04. The Balaban J connectivity index is 0.000000312. The quantitative estimate of drug-likeness (QED) is 0.0131. The molecule has 2 aliphatic heterocycles. The van der Waals surface area contributed by atoms with Gasteiger partial charge in [-0.15, -0.1) is 0 Å². The molecule has 22 nitrogen and oxygen atoms in total. The molecule has 1 fully saturated rings. The number of fused-ring (bicyclic) bond motifs is 2. The number of allylic oxidation sites excluding steroid dienone is 2. The first kappa shape index (κ1) is 70.1. The normalized spacial score (nSPS) is 18.7. The molecule has 3 aliphatic rings. The third-order valence-electron chi connectivity index (χ3n) is 15.5. The van der Waals surface area contributed by atoms with Gasteiger partial charge in [-0.25, -0.2) is 9.59 Å². The molecule has 6 rings (SSSR count). The van der Waals surface area contributed by atoms with Gasteiger partial charge in [0.2, 0.25) is 41.7 Å². The molecule has 2 unspecified atom stereocenters. The summed E-state index contributed by atoms with van der Waals surface area (Å²) in [5.74, 6) is -0.204. The number of hydrogen-bond donors (Lipinski definition) is 5. The van der Waals surface area contributed by atoms with E-state index in [1.807, 2.05) is 69.0 Å². The van der Waals surface area contributed by atoms with Crippen molar-refractivity contribution in [3.8, 4) is 45.6 Å². The molecule has 0 radical (unpaired) electrons. The highest BCUT2D eigenvalue weighted by Crippen LogP contribution is 2.57. The average molecular weight is 1230 g/mol. The fourth-order valence-electron chi connectivity index (χ4n) is 9.68. The zero-order valence-electron chi connectivity index (χ0n) is 50.7. The zero-order chi connectivity index (χ0) is 61.9. The highest BCUT2D eigenvalue weighted by atomic mass is 28.4. The van der Waals surface area contributed by atoms with Crippen LogP contribution in [0, 0.1) is 11.8 Å². The lowest BCUT2D eigenvalue weighted by Crippen LogP contribution is -2.50. The number of rotatable bonds is 36. The summed E-state index contributed by atoms with van der Waals surface area (Å²) >= 11 is 0. The molecule has 85 heavy (non-hydrogen) atoms. The lowest BCUT2D eigenvalue weighted by Gasteiger charge is -2.31. The molecular formula is C61H90O22Si2. The Labute approximate surface area is 501 Å². The molecule has 1 aliphatic carbocycles. The number of methoxy groups -OCH3 is 3. The second kappa shape index (κ2) is 35.9. The molecule has 0 amide bonds. The van der Waals surface area contributed by atoms with Crippen LogP contribution < -0.4 is 28.4 Å². The van der Waals surface area contributed by atoms with Gasteiger partial charge in [-0.2, -0.15) is 0 Å². The van der Waals surface area contributed by atoms with Crippen molar-refractivity contribution in [1.82, 2.24) is 0 Å². The number of aliphatic hydroxyl groups excluding tert-OH is 5. The molecule has 5 N–H and O–H groups in total. The summed E-state index contributed by atoms with van der Waals surface area (Å²) in [5, 5.41) is 50.6. The van der Waals surface area contributed by atoms with Crippen LogP contribution in [0.25, 0.3) is 11.1 Å². The Hall–Kier alpha value is -5.62. The van der Waals surface area contributed by atoms with Crippen LogP contribution in [-0.2, 0) is 59.9 Å². The van der Waals surface area contributed by atoms with Crippen molar-refractivity contribution < 1.29 is 106 Å². The number of hydrogen-bond acceptors (Lipinski definition) is 22. The number of aryl methyl sites for hydroxylation is 1. The van der Waals surface area contributed by atoms with E-state index in [1.54, 1.807) is 19.3 Å². The molecule has 7 atom stereocenters. The largest absolute Gasteiger partial charge is 0.493 e. The predicted molar refractivity (Wildman–Crippen MR) is 318 cm³/mol. The monoisotopic (exact) mass is 1230 g/mol. The maximum absolute atomic E-state index is 13.0. The fraction of sp³-hybridized carbons (Fsp3) is 0.590. The second-order valence-corrected chi connectivity index (χ2v) is 30.3. The van der Waals surface area contributed by atoms with Crippen LogP contribution in [0.15, 0.2) is 66.8 Å². The molecule has 3 aromatic carbocycles. The Morgan fingerprint density at radius 2 is 1.38 bits per heavy atom. The maximum atomic E-state index is 13.0. The lowest BCUT2D eigenvalue weighted by atomic mass is 9.89. The molecule has 3 aromatic rings. The highest BCUT2D eigenvalue weighted by molar-refractivity contribution is 6.75. The van der Waals surface area contributed by atoms with Crippen molar-refractivity contribution in [2.45, 2.75) is 115 Å². The fourth-order valence-corrected chi connectivity index (χ4v) is 13.0. The minimum Gasteiger partial charge on any atom is -0.493 e. The third kappa shape index (κ3) is 20.2. The van der Waals surface area contributed by atoms with E-state index < -0.39 is 46.9 Å². The van der Waals surface area contributed by atoms with Crippen LogP contribution >= 0.6 is 0 Å². The van der Waals surface area contributed by atoms with Crippen molar-refractivity contribution >= 4 is 34.5 Å². The molecule has 24 heteroatoms. The lowest BCUT2D eigenvalue weighted by molar-refractivity contribution is -0.150. The first-order valence-corrected chi connectivity index (χ1v) is 34.0. The van der Waals surface area contributed by atoms with Crippen molar-refractivity contribution in [1.29, 1.82) is 0 Å².